The average Bonchev–Trinajstić information content (AvgIpc) is 3.19. The number of hydrogen-bond acceptors (Lipinski definition) is 5. The number of carbonyl (C=O) groups excluding carboxylic acids is 1. The summed E-state index contributed by atoms with van der Waals surface area (Å²) in [7, 11) is 0. The number of carbonyl (C=O) groups is 2. The third kappa shape index (κ3) is 3.08. The standard InChI is InChI=1S/C14H18N2O4S/c17-12(15-9-4-1-3-8(9)14(18)19)10-7-21-13(16-10)11-5-2-6-20-11/h7-9,11H,1-6H2,(H,15,17)(H,18,19)/t8-,9+,11?/m1/s1. The van der Waals surface area contributed by atoms with Crippen molar-refractivity contribution in [3.63, 3.8) is 0 Å². The summed E-state index contributed by atoms with van der Waals surface area (Å²) in [5, 5.41) is 14.5. The first kappa shape index (κ1) is 14.5. The topological polar surface area (TPSA) is 88.5 Å². The highest BCUT2D eigenvalue weighted by molar-refractivity contribution is 7.09. The summed E-state index contributed by atoms with van der Waals surface area (Å²) in [6, 6.07) is -0.289. The van der Waals surface area contributed by atoms with E-state index in [1.54, 1.807) is 5.38 Å². The van der Waals surface area contributed by atoms with Crippen LogP contribution in [0.2, 0.25) is 0 Å². The van der Waals surface area contributed by atoms with E-state index in [-0.39, 0.29) is 18.1 Å². The molecule has 114 valence electrons. The summed E-state index contributed by atoms with van der Waals surface area (Å²) in [5.74, 6) is -1.60. The summed E-state index contributed by atoms with van der Waals surface area (Å²) in [5.41, 5.74) is 0.363. The largest absolute Gasteiger partial charge is 0.481 e. The minimum absolute atomic E-state index is 0.00907. The Hall–Kier alpha value is -1.47. The highest BCUT2D eigenvalue weighted by atomic mass is 32.1. The Labute approximate surface area is 126 Å². The molecule has 7 heteroatoms. The predicted molar refractivity (Wildman–Crippen MR) is 76.3 cm³/mol. The Morgan fingerprint density at radius 1 is 1.33 bits per heavy atom. The van der Waals surface area contributed by atoms with Gasteiger partial charge in [0.15, 0.2) is 0 Å². The van der Waals surface area contributed by atoms with Crippen molar-refractivity contribution in [2.75, 3.05) is 6.61 Å². The zero-order chi connectivity index (χ0) is 14.8. The van der Waals surface area contributed by atoms with Gasteiger partial charge in [0.2, 0.25) is 0 Å². The smallest absolute Gasteiger partial charge is 0.308 e. The van der Waals surface area contributed by atoms with Crippen molar-refractivity contribution in [2.24, 2.45) is 5.92 Å². The van der Waals surface area contributed by atoms with Crippen LogP contribution in [-0.4, -0.2) is 34.6 Å². The summed E-state index contributed by atoms with van der Waals surface area (Å²) in [4.78, 5) is 27.7. The third-order valence-electron chi connectivity index (χ3n) is 4.11. The second kappa shape index (κ2) is 6.11. The predicted octanol–water partition coefficient (Wildman–Crippen LogP) is 1.98. The molecule has 1 amide bonds. The van der Waals surface area contributed by atoms with Crippen LogP contribution >= 0.6 is 11.3 Å². The van der Waals surface area contributed by atoms with Crippen molar-refractivity contribution in [2.45, 2.75) is 44.2 Å². The first-order valence-corrected chi connectivity index (χ1v) is 8.14. The van der Waals surface area contributed by atoms with E-state index in [0.717, 1.165) is 30.9 Å². The first-order chi connectivity index (χ1) is 10.1. The number of nitrogens with one attached hydrogen (secondary N) is 1. The SMILES string of the molecule is O=C(N[C@H]1CCC[C@H]1C(=O)O)c1csc(C2CCCO2)n1. The Morgan fingerprint density at radius 3 is 2.90 bits per heavy atom. The van der Waals surface area contributed by atoms with Crippen molar-refractivity contribution in [1.29, 1.82) is 0 Å². The van der Waals surface area contributed by atoms with Crippen LogP contribution in [0.15, 0.2) is 5.38 Å². The van der Waals surface area contributed by atoms with Crippen LogP contribution in [0.1, 0.15) is 53.7 Å². The normalized spacial score (nSPS) is 28.7. The number of ether oxygens (including phenoxy) is 1. The van der Waals surface area contributed by atoms with Crippen molar-refractivity contribution in [1.82, 2.24) is 10.3 Å². The molecule has 21 heavy (non-hydrogen) atoms. The van der Waals surface area contributed by atoms with Crippen LogP contribution in [-0.2, 0) is 9.53 Å². The summed E-state index contributed by atoms with van der Waals surface area (Å²) in [6.07, 6.45) is 4.14. The van der Waals surface area contributed by atoms with Crippen LogP contribution < -0.4 is 5.32 Å². The van der Waals surface area contributed by atoms with E-state index in [2.05, 4.69) is 10.3 Å². The van der Waals surface area contributed by atoms with Gasteiger partial charge in [-0.15, -0.1) is 11.3 Å². The van der Waals surface area contributed by atoms with E-state index in [4.69, 9.17) is 9.84 Å². The van der Waals surface area contributed by atoms with Gasteiger partial charge in [0.25, 0.3) is 5.91 Å². The molecule has 1 saturated carbocycles. The Balaban J connectivity index is 1.64. The molecular weight excluding hydrogens is 292 g/mol. The Morgan fingerprint density at radius 2 is 2.19 bits per heavy atom. The molecule has 6 nitrogen and oxygen atoms in total. The molecule has 2 heterocycles. The van der Waals surface area contributed by atoms with Gasteiger partial charge in [-0.3, -0.25) is 9.59 Å². The van der Waals surface area contributed by atoms with Gasteiger partial charge in [-0.1, -0.05) is 6.42 Å². The fourth-order valence-electron chi connectivity index (χ4n) is 2.98. The summed E-state index contributed by atoms with van der Waals surface area (Å²) >= 11 is 1.43. The van der Waals surface area contributed by atoms with Gasteiger partial charge in [-0.25, -0.2) is 4.98 Å². The van der Waals surface area contributed by atoms with Crippen LogP contribution in [0.5, 0.6) is 0 Å². The summed E-state index contributed by atoms with van der Waals surface area (Å²) in [6.45, 7) is 0.744. The average molecular weight is 310 g/mol. The first-order valence-electron chi connectivity index (χ1n) is 7.26. The molecule has 3 rings (SSSR count). The quantitative estimate of drug-likeness (QED) is 0.887. The summed E-state index contributed by atoms with van der Waals surface area (Å²) < 4.78 is 5.55. The van der Waals surface area contributed by atoms with E-state index >= 15 is 0 Å². The molecule has 0 spiro atoms. The van der Waals surface area contributed by atoms with Gasteiger partial charge in [0, 0.05) is 18.0 Å². The second-order valence-electron chi connectivity index (χ2n) is 5.53. The van der Waals surface area contributed by atoms with E-state index in [9.17, 15) is 9.59 Å². The lowest BCUT2D eigenvalue weighted by Gasteiger charge is -2.16. The van der Waals surface area contributed by atoms with Gasteiger partial charge < -0.3 is 15.2 Å². The number of carboxylic acid groups (broad SMARTS) is 1. The maximum Gasteiger partial charge on any atom is 0.308 e. The van der Waals surface area contributed by atoms with E-state index < -0.39 is 11.9 Å². The van der Waals surface area contributed by atoms with E-state index in [1.807, 2.05) is 0 Å². The van der Waals surface area contributed by atoms with Crippen molar-refractivity contribution in [3.8, 4) is 0 Å². The highest BCUT2D eigenvalue weighted by Gasteiger charge is 2.34. The molecule has 0 radical (unpaired) electrons. The fraction of sp³-hybridized carbons (Fsp3) is 0.643. The number of thiazole rings is 1. The molecule has 2 aliphatic rings. The number of amides is 1. The number of aliphatic carboxylic acids is 1. The molecule has 3 atom stereocenters. The van der Waals surface area contributed by atoms with E-state index in [1.165, 1.54) is 11.3 Å². The lowest BCUT2D eigenvalue weighted by atomic mass is 10.0. The second-order valence-corrected chi connectivity index (χ2v) is 6.42. The van der Waals surface area contributed by atoms with Crippen LogP contribution in [0.3, 0.4) is 0 Å². The number of carboxylic acids is 1. The van der Waals surface area contributed by atoms with Crippen LogP contribution in [0.25, 0.3) is 0 Å². The number of rotatable bonds is 4. The molecule has 0 aromatic carbocycles. The zero-order valence-corrected chi connectivity index (χ0v) is 12.4. The molecular formula is C14H18N2O4S. The third-order valence-corrected chi connectivity index (χ3v) is 5.05. The molecule has 1 unspecified atom stereocenters. The lowest BCUT2D eigenvalue weighted by molar-refractivity contribution is -0.142. The van der Waals surface area contributed by atoms with Gasteiger partial charge >= 0.3 is 5.97 Å². The molecule has 0 bridgehead atoms. The molecule has 2 N–H and O–H groups in total. The fourth-order valence-corrected chi connectivity index (χ4v) is 3.86. The number of aromatic nitrogens is 1. The van der Waals surface area contributed by atoms with Gasteiger partial charge in [0.05, 0.1) is 5.92 Å². The van der Waals surface area contributed by atoms with Crippen LogP contribution in [0.4, 0.5) is 0 Å². The van der Waals surface area contributed by atoms with Crippen molar-refractivity contribution >= 4 is 23.2 Å². The highest BCUT2D eigenvalue weighted by Crippen LogP contribution is 2.31. The van der Waals surface area contributed by atoms with Crippen molar-refractivity contribution in [3.05, 3.63) is 16.1 Å². The van der Waals surface area contributed by atoms with Crippen molar-refractivity contribution < 1.29 is 19.4 Å². The Bertz CT molecular complexity index is 539. The Kier molecular flexibility index (Phi) is 4.21. The monoisotopic (exact) mass is 310 g/mol. The zero-order valence-electron chi connectivity index (χ0n) is 11.6. The maximum atomic E-state index is 12.2. The molecule has 1 saturated heterocycles. The molecule has 1 aromatic rings. The van der Waals surface area contributed by atoms with E-state index in [0.29, 0.717) is 18.5 Å². The minimum atomic E-state index is -0.837. The molecule has 1 aromatic heterocycles. The minimum Gasteiger partial charge on any atom is -0.481 e. The molecule has 2 fully saturated rings. The van der Waals surface area contributed by atoms with Gasteiger partial charge in [-0.2, -0.15) is 0 Å². The lowest BCUT2D eigenvalue weighted by Crippen LogP contribution is -2.40. The van der Waals surface area contributed by atoms with Crippen LogP contribution in [0, 0.1) is 5.92 Å². The molecule has 1 aliphatic carbocycles. The van der Waals surface area contributed by atoms with Gasteiger partial charge in [-0.05, 0) is 25.7 Å². The number of hydrogen-bond donors (Lipinski definition) is 2. The maximum absolute atomic E-state index is 12.2. The molecule has 1 aliphatic heterocycles. The number of nitrogens with zero attached hydrogens (tertiary/aromatic N) is 1. The van der Waals surface area contributed by atoms with Gasteiger partial charge in [0.1, 0.15) is 16.8 Å².